The number of nitrogens with zero attached hydrogens (tertiary/aromatic N) is 1. The van der Waals surface area contributed by atoms with E-state index in [-0.39, 0.29) is 5.41 Å². The second kappa shape index (κ2) is 7.00. The quantitative estimate of drug-likeness (QED) is 0.832. The predicted molar refractivity (Wildman–Crippen MR) is 87.4 cm³/mol. The van der Waals surface area contributed by atoms with Crippen molar-refractivity contribution in [2.45, 2.75) is 45.1 Å². The van der Waals surface area contributed by atoms with Crippen molar-refractivity contribution in [2.75, 3.05) is 6.54 Å². The lowest BCUT2D eigenvalue weighted by atomic mass is 9.74. The Kier molecular flexibility index (Phi) is 5.32. The Bertz CT molecular complexity index is 493. The molecule has 1 atom stereocenters. The van der Waals surface area contributed by atoms with Crippen molar-refractivity contribution >= 4 is 11.3 Å². The third-order valence-corrected chi connectivity index (χ3v) is 4.55. The van der Waals surface area contributed by atoms with E-state index < -0.39 is 0 Å². The first-order valence-electron chi connectivity index (χ1n) is 7.32. The number of aromatic nitrogens is 1. The maximum atomic E-state index is 4.49. The van der Waals surface area contributed by atoms with Crippen LogP contribution in [-0.4, -0.2) is 17.6 Å². The van der Waals surface area contributed by atoms with Crippen LogP contribution in [0.25, 0.3) is 0 Å². The van der Waals surface area contributed by atoms with Gasteiger partial charge in [0.25, 0.3) is 0 Å². The van der Waals surface area contributed by atoms with E-state index in [0.29, 0.717) is 6.04 Å². The molecule has 1 unspecified atom stereocenters. The molecule has 1 aromatic carbocycles. The summed E-state index contributed by atoms with van der Waals surface area (Å²) in [7, 11) is 0. The molecular weight excluding hydrogens is 264 g/mol. The molecule has 0 amide bonds. The van der Waals surface area contributed by atoms with Crippen molar-refractivity contribution in [3.8, 4) is 0 Å². The lowest BCUT2D eigenvalue weighted by molar-refractivity contribution is 0.361. The summed E-state index contributed by atoms with van der Waals surface area (Å²) in [6, 6.07) is 11.4. The Labute approximate surface area is 126 Å². The van der Waals surface area contributed by atoms with E-state index >= 15 is 0 Å². The maximum absolute atomic E-state index is 4.49. The van der Waals surface area contributed by atoms with Crippen molar-refractivity contribution < 1.29 is 0 Å². The third kappa shape index (κ3) is 3.68. The van der Waals surface area contributed by atoms with Crippen LogP contribution in [-0.2, 0) is 11.8 Å². The van der Waals surface area contributed by atoms with Gasteiger partial charge in [-0.1, -0.05) is 51.1 Å². The van der Waals surface area contributed by atoms with Crippen LogP contribution in [0.15, 0.2) is 41.2 Å². The highest BCUT2D eigenvalue weighted by Gasteiger charge is 2.31. The van der Waals surface area contributed by atoms with Crippen molar-refractivity contribution in [1.29, 1.82) is 0 Å². The SMILES string of the molecule is CCC(CNC(C)C)(Cc1cscn1)c1ccccc1. The fourth-order valence-electron chi connectivity index (χ4n) is 2.58. The molecule has 0 aliphatic heterocycles. The fourth-order valence-corrected chi connectivity index (χ4v) is 3.14. The van der Waals surface area contributed by atoms with Crippen molar-refractivity contribution in [3.05, 3.63) is 52.5 Å². The summed E-state index contributed by atoms with van der Waals surface area (Å²) in [4.78, 5) is 4.49. The van der Waals surface area contributed by atoms with Gasteiger partial charge in [0.15, 0.2) is 0 Å². The minimum absolute atomic E-state index is 0.125. The first-order chi connectivity index (χ1) is 9.66. The Morgan fingerprint density at radius 3 is 2.55 bits per heavy atom. The van der Waals surface area contributed by atoms with Gasteiger partial charge in [-0.05, 0) is 12.0 Å². The van der Waals surface area contributed by atoms with Crippen molar-refractivity contribution in [1.82, 2.24) is 10.3 Å². The van der Waals surface area contributed by atoms with Gasteiger partial charge >= 0.3 is 0 Å². The molecule has 2 aromatic rings. The number of thiazole rings is 1. The minimum atomic E-state index is 0.125. The van der Waals surface area contributed by atoms with E-state index in [0.717, 1.165) is 19.4 Å². The Balaban J connectivity index is 2.29. The predicted octanol–water partition coefficient (Wildman–Crippen LogP) is 4.03. The summed E-state index contributed by atoms with van der Waals surface area (Å²) in [6.45, 7) is 7.67. The van der Waals surface area contributed by atoms with Gasteiger partial charge in [-0.25, -0.2) is 4.98 Å². The standard InChI is InChI=1S/C17H24N2S/c1-4-17(12-18-14(2)3,10-16-11-20-13-19-16)15-8-6-5-7-9-15/h5-9,11,13-14,18H,4,10,12H2,1-3H3. The first kappa shape index (κ1) is 15.2. The highest BCUT2D eigenvalue weighted by molar-refractivity contribution is 7.07. The van der Waals surface area contributed by atoms with Crippen molar-refractivity contribution in [2.24, 2.45) is 0 Å². The zero-order valence-corrected chi connectivity index (χ0v) is 13.4. The Hall–Kier alpha value is -1.19. The summed E-state index contributed by atoms with van der Waals surface area (Å²) >= 11 is 1.68. The summed E-state index contributed by atoms with van der Waals surface area (Å²) in [5.74, 6) is 0. The summed E-state index contributed by atoms with van der Waals surface area (Å²) in [5.41, 5.74) is 4.66. The van der Waals surface area contributed by atoms with Crippen LogP contribution in [0.1, 0.15) is 38.4 Å². The van der Waals surface area contributed by atoms with Crippen LogP contribution >= 0.6 is 11.3 Å². The number of hydrogen-bond acceptors (Lipinski definition) is 3. The average molecular weight is 288 g/mol. The number of hydrogen-bond donors (Lipinski definition) is 1. The summed E-state index contributed by atoms with van der Waals surface area (Å²) < 4.78 is 0. The van der Waals surface area contributed by atoms with E-state index in [1.165, 1.54) is 11.3 Å². The molecule has 108 valence electrons. The van der Waals surface area contributed by atoms with Crippen LogP contribution in [0.3, 0.4) is 0 Å². The van der Waals surface area contributed by atoms with Crippen LogP contribution in [0.5, 0.6) is 0 Å². The van der Waals surface area contributed by atoms with Crippen molar-refractivity contribution in [3.63, 3.8) is 0 Å². The normalized spacial score (nSPS) is 14.4. The van der Waals surface area contributed by atoms with Crippen LogP contribution in [0.4, 0.5) is 0 Å². The lowest BCUT2D eigenvalue weighted by Gasteiger charge is -2.34. The molecule has 0 saturated heterocycles. The van der Waals surface area contributed by atoms with Gasteiger partial charge in [0.2, 0.25) is 0 Å². The number of nitrogens with one attached hydrogen (secondary N) is 1. The molecule has 3 heteroatoms. The monoisotopic (exact) mass is 288 g/mol. The molecule has 1 heterocycles. The topological polar surface area (TPSA) is 24.9 Å². The Morgan fingerprint density at radius 2 is 2.00 bits per heavy atom. The summed E-state index contributed by atoms with van der Waals surface area (Å²) in [6.07, 6.45) is 2.10. The molecule has 0 aliphatic carbocycles. The summed E-state index contributed by atoms with van der Waals surface area (Å²) in [5, 5.41) is 5.79. The molecule has 0 radical (unpaired) electrons. The van der Waals surface area contributed by atoms with E-state index in [9.17, 15) is 0 Å². The number of rotatable bonds is 7. The van der Waals surface area contributed by atoms with Gasteiger partial charge in [0.05, 0.1) is 11.2 Å². The van der Waals surface area contributed by atoms with Gasteiger partial charge in [-0.3, -0.25) is 0 Å². The van der Waals surface area contributed by atoms with Gasteiger partial charge in [0, 0.05) is 29.8 Å². The van der Waals surface area contributed by atoms with Gasteiger partial charge < -0.3 is 5.32 Å². The van der Waals surface area contributed by atoms with Gasteiger partial charge in [0.1, 0.15) is 0 Å². The molecule has 1 N–H and O–H groups in total. The van der Waals surface area contributed by atoms with E-state index in [1.54, 1.807) is 11.3 Å². The van der Waals surface area contributed by atoms with Crippen LogP contribution in [0.2, 0.25) is 0 Å². The molecule has 0 fully saturated rings. The maximum Gasteiger partial charge on any atom is 0.0794 e. The molecular formula is C17H24N2S. The van der Waals surface area contributed by atoms with Crippen LogP contribution < -0.4 is 5.32 Å². The molecule has 0 bridgehead atoms. The smallest absolute Gasteiger partial charge is 0.0794 e. The fraction of sp³-hybridized carbons (Fsp3) is 0.471. The van der Waals surface area contributed by atoms with Gasteiger partial charge in [-0.2, -0.15) is 0 Å². The van der Waals surface area contributed by atoms with Gasteiger partial charge in [-0.15, -0.1) is 11.3 Å². The molecule has 0 aliphatic rings. The second-order valence-corrected chi connectivity index (χ2v) is 6.41. The largest absolute Gasteiger partial charge is 0.314 e. The van der Waals surface area contributed by atoms with Crippen LogP contribution in [0, 0.1) is 0 Å². The molecule has 2 nitrogen and oxygen atoms in total. The Morgan fingerprint density at radius 1 is 1.25 bits per heavy atom. The molecule has 1 aromatic heterocycles. The molecule has 0 saturated carbocycles. The lowest BCUT2D eigenvalue weighted by Crippen LogP contribution is -2.42. The van der Waals surface area contributed by atoms with E-state index in [1.807, 2.05) is 5.51 Å². The zero-order chi connectivity index (χ0) is 14.4. The zero-order valence-electron chi connectivity index (χ0n) is 12.6. The molecule has 0 spiro atoms. The highest BCUT2D eigenvalue weighted by Crippen LogP contribution is 2.31. The number of benzene rings is 1. The average Bonchev–Trinajstić information content (AvgIpc) is 2.97. The van der Waals surface area contributed by atoms with E-state index in [2.05, 4.69) is 66.8 Å². The third-order valence-electron chi connectivity index (χ3n) is 3.91. The van der Waals surface area contributed by atoms with E-state index in [4.69, 9.17) is 0 Å². The second-order valence-electron chi connectivity index (χ2n) is 5.69. The molecule has 20 heavy (non-hydrogen) atoms. The highest BCUT2D eigenvalue weighted by atomic mass is 32.1. The molecule has 2 rings (SSSR count). The minimum Gasteiger partial charge on any atom is -0.314 e. The first-order valence-corrected chi connectivity index (χ1v) is 8.26.